The van der Waals surface area contributed by atoms with Gasteiger partial charge in [0, 0.05) is 26.3 Å². The van der Waals surface area contributed by atoms with E-state index in [2.05, 4.69) is 4.90 Å². The monoisotopic (exact) mass is 216 g/mol. The number of nitrogens with zero attached hydrogens (tertiary/aromatic N) is 1. The van der Waals surface area contributed by atoms with E-state index in [0.29, 0.717) is 18.6 Å². The molecule has 3 N–H and O–H groups in total. The van der Waals surface area contributed by atoms with Gasteiger partial charge in [-0.15, -0.1) is 0 Å². The van der Waals surface area contributed by atoms with Gasteiger partial charge in [-0.25, -0.2) is 0 Å². The Morgan fingerprint density at radius 2 is 2.40 bits per heavy atom. The smallest absolute Gasteiger partial charge is 0.0618 e. The first kappa shape index (κ1) is 12.9. The van der Waals surface area contributed by atoms with Gasteiger partial charge in [0.15, 0.2) is 0 Å². The molecule has 4 heteroatoms. The Bertz CT molecular complexity index is 167. The molecule has 1 fully saturated rings. The van der Waals surface area contributed by atoms with Crippen LogP contribution in [0, 0.1) is 5.92 Å². The quantitative estimate of drug-likeness (QED) is 0.631. The van der Waals surface area contributed by atoms with Gasteiger partial charge in [0.25, 0.3) is 0 Å². The first-order valence-corrected chi connectivity index (χ1v) is 5.85. The second-order valence-corrected chi connectivity index (χ2v) is 4.37. The number of nitrogens with two attached hydrogens (primary N) is 1. The fourth-order valence-electron chi connectivity index (χ4n) is 2.26. The van der Waals surface area contributed by atoms with Crippen LogP contribution in [0.1, 0.15) is 19.3 Å². The van der Waals surface area contributed by atoms with Crippen molar-refractivity contribution in [3.8, 4) is 0 Å². The molecule has 0 saturated carbocycles. The Labute approximate surface area is 92.4 Å². The van der Waals surface area contributed by atoms with Crippen molar-refractivity contribution in [1.29, 1.82) is 0 Å². The first-order valence-electron chi connectivity index (χ1n) is 5.85. The predicted octanol–water partition coefficient (Wildman–Crippen LogP) is 0.0545. The van der Waals surface area contributed by atoms with Gasteiger partial charge in [-0.1, -0.05) is 0 Å². The average Bonchev–Trinajstić information content (AvgIpc) is 2.72. The standard InChI is InChI=1S/C11H24N2O2/c1-15-9-11(3-2-5-12)13-6-4-10(7-13)8-14/h10-11,14H,2-9,12H2,1H3. The molecule has 1 heterocycles. The van der Waals surface area contributed by atoms with E-state index < -0.39 is 0 Å². The molecule has 4 nitrogen and oxygen atoms in total. The fraction of sp³-hybridized carbons (Fsp3) is 1.00. The molecule has 1 aliphatic rings. The van der Waals surface area contributed by atoms with E-state index in [-0.39, 0.29) is 0 Å². The lowest BCUT2D eigenvalue weighted by atomic mass is 10.1. The molecule has 0 aromatic heterocycles. The minimum absolute atomic E-state index is 0.313. The summed E-state index contributed by atoms with van der Waals surface area (Å²) in [6.07, 6.45) is 3.26. The molecule has 1 aliphatic heterocycles. The summed E-state index contributed by atoms with van der Waals surface area (Å²) in [5.74, 6) is 0.460. The summed E-state index contributed by atoms with van der Waals surface area (Å²) < 4.78 is 5.24. The maximum atomic E-state index is 9.09. The lowest BCUT2D eigenvalue weighted by Crippen LogP contribution is -2.37. The van der Waals surface area contributed by atoms with Crippen molar-refractivity contribution in [2.45, 2.75) is 25.3 Å². The van der Waals surface area contributed by atoms with Crippen LogP contribution in [-0.2, 0) is 4.74 Å². The van der Waals surface area contributed by atoms with Crippen LogP contribution in [0.5, 0.6) is 0 Å². The van der Waals surface area contributed by atoms with Crippen LogP contribution in [0.2, 0.25) is 0 Å². The molecule has 0 aromatic rings. The predicted molar refractivity (Wildman–Crippen MR) is 60.7 cm³/mol. The van der Waals surface area contributed by atoms with Gasteiger partial charge in [-0.3, -0.25) is 4.90 Å². The van der Waals surface area contributed by atoms with Crippen molar-refractivity contribution in [3.63, 3.8) is 0 Å². The fourth-order valence-corrected chi connectivity index (χ4v) is 2.26. The number of ether oxygens (including phenoxy) is 1. The van der Waals surface area contributed by atoms with Crippen LogP contribution in [0.15, 0.2) is 0 Å². The van der Waals surface area contributed by atoms with E-state index in [0.717, 1.165) is 45.5 Å². The van der Waals surface area contributed by atoms with Gasteiger partial charge >= 0.3 is 0 Å². The van der Waals surface area contributed by atoms with Gasteiger partial charge in [-0.05, 0) is 38.3 Å². The van der Waals surface area contributed by atoms with Gasteiger partial charge < -0.3 is 15.6 Å². The lowest BCUT2D eigenvalue weighted by Gasteiger charge is -2.27. The van der Waals surface area contributed by atoms with E-state index in [1.807, 2.05) is 0 Å². The highest BCUT2D eigenvalue weighted by atomic mass is 16.5. The Balaban J connectivity index is 2.34. The van der Waals surface area contributed by atoms with E-state index >= 15 is 0 Å². The molecule has 0 bridgehead atoms. The average molecular weight is 216 g/mol. The third-order valence-corrected chi connectivity index (χ3v) is 3.19. The normalized spacial score (nSPS) is 24.6. The second-order valence-electron chi connectivity index (χ2n) is 4.37. The number of methoxy groups -OCH3 is 1. The SMILES string of the molecule is COCC(CCCN)N1CCC(CO)C1. The first-order chi connectivity index (χ1) is 7.31. The largest absolute Gasteiger partial charge is 0.396 e. The van der Waals surface area contributed by atoms with Crippen molar-refractivity contribution in [2.24, 2.45) is 11.7 Å². The number of likely N-dealkylation sites (tertiary alicyclic amines) is 1. The van der Waals surface area contributed by atoms with E-state index in [4.69, 9.17) is 15.6 Å². The van der Waals surface area contributed by atoms with Crippen molar-refractivity contribution in [3.05, 3.63) is 0 Å². The summed E-state index contributed by atoms with van der Waals surface area (Å²) in [4.78, 5) is 2.43. The summed E-state index contributed by atoms with van der Waals surface area (Å²) in [5.41, 5.74) is 5.53. The van der Waals surface area contributed by atoms with E-state index in [1.54, 1.807) is 7.11 Å². The number of aliphatic hydroxyl groups is 1. The summed E-state index contributed by atoms with van der Waals surface area (Å²) >= 11 is 0. The Morgan fingerprint density at radius 3 is 2.93 bits per heavy atom. The van der Waals surface area contributed by atoms with E-state index in [1.165, 1.54) is 0 Å². The zero-order chi connectivity index (χ0) is 11.1. The van der Waals surface area contributed by atoms with E-state index in [9.17, 15) is 0 Å². The van der Waals surface area contributed by atoms with Crippen LogP contribution in [0.3, 0.4) is 0 Å². The molecule has 0 aromatic carbocycles. The van der Waals surface area contributed by atoms with Crippen LogP contribution in [-0.4, -0.2) is 56.0 Å². The summed E-state index contributed by atoms with van der Waals surface area (Å²) in [6, 6.07) is 0.482. The minimum Gasteiger partial charge on any atom is -0.396 e. The molecule has 0 spiro atoms. The number of aliphatic hydroxyl groups excluding tert-OH is 1. The molecule has 1 rings (SSSR count). The maximum absolute atomic E-state index is 9.09. The van der Waals surface area contributed by atoms with Crippen LogP contribution in [0.4, 0.5) is 0 Å². The van der Waals surface area contributed by atoms with Gasteiger partial charge in [0.05, 0.1) is 6.61 Å². The van der Waals surface area contributed by atoms with Gasteiger partial charge in [0.1, 0.15) is 0 Å². The van der Waals surface area contributed by atoms with Crippen molar-refractivity contribution in [2.75, 3.05) is 40.0 Å². The highest BCUT2D eigenvalue weighted by molar-refractivity contribution is 4.81. The minimum atomic E-state index is 0.313. The highest BCUT2D eigenvalue weighted by Crippen LogP contribution is 2.20. The Kier molecular flexibility index (Phi) is 6.17. The molecule has 15 heavy (non-hydrogen) atoms. The van der Waals surface area contributed by atoms with Crippen LogP contribution in [0.25, 0.3) is 0 Å². The molecule has 90 valence electrons. The number of hydrogen-bond acceptors (Lipinski definition) is 4. The molecule has 0 amide bonds. The molecular formula is C11H24N2O2. The summed E-state index contributed by atoms with van der Waals surface area (Å²) in [6.45, 7) is 3.93. The summed E-state index contributed by atoms with van der Waals surface area (Å²) in [7, 11) is 1.75. The molecular weight excluding hydrogens is 192 g/mol. The van der Waals surface area contributed by atoms with Crippen LogP contribution >= 0.6 is 0 Å². The van der Waals surface area contributed by atoms with Crippen molar-refractivity contribution < 1.29 is 9.84 Å². The van der Waals surface area contributed by atoms with Crippen molar-refractivity contribution in [1.82, 2.24) is 4.90 Å². The maximum Gasteiger partial charge on any atom is 0.0618 e. The highest BCUT2D eigenvalue weighted by Gasteiger charge is 2.27. The topological polar surface area (TPSA) is 58.7 Å². The molecule has 1 saturated heterocycles. The van der Waals surface area contributed by atoms with Crippen LogP contribution < -0.4 is 5.73 Å². The zero-order valence-electron chi connectivity index (χ0n) is 9.69. The lowest BCUT2D eigenvalue weighted by molar-refractivity contribution is 0.0939. The Hall–Kier alpha value is -0.160. The number of rotatable bonds is 7. The second kappa shape index (κ2) is 7.17. The Morgan fingerprint density at radius 1 is 1.60 bits per heavy atom. The molecule has 0 radical (unpaired) electrons. The third kappa shape index (κ3) is 4.07. The summed E-state index contributed by atoms with van der Waals surface area (Å²) in [5, 5.41) is 9.09. The number of hydrogen-bond donors (Lipinski definition) is 2. The zero-order valence-corrected chi connectivity index (χ0v) is 9.69. The van der Waals surface area contributed by atoms with Gasteiger partial charge in [-0.2, -0.15) is 0 Å². The molecule has 2 atom stereocenters. The van der Waals surface area contributed by atoms with Gasteiger partial charge in [0.2, 0.25) is 0 Å². The third-order valence-electron chi connectivity index (χ3n) is 3.19. The molecule has 0 aliphatic carbocycles. The van der Waals surface area contributed by atoms with Crippen molar-refractivity contribution >= 4 is 0 Å². The molecule has 2 unspecified atom stereocenters.